The molecule has 0 saturated heterocycles. The number of nitrogens with one attached hydrogen (secondary N) is 2. The van der Waals surface area contributed by atoms with Crippen LogP contribution in [-0.2, 0) is 9.59 Å². The number of benzene rings is 2. The maximum atomic E-state index is 13.0. The van der Waals surface area contributed by atoms with Crippen molar-refractivity contribution in [3.8, 4) is 0 Å². The van der Waals surface area contributed by atoms with Crippen LogP contribution in [0.2, 0.25) is 0 Å². The summed E-state index contributed by atoms with van der Waals surface area (Å²) in [7, 11) is 1.60. The third-order valence-corrected chi connectivity index (χ3v) is 4.33. The van der Waals surface area contributed by atoms with Crippen molar-refractivity contribution in [2.75, 3.05) is 18.9 Å². The van der Waals surface area contributed by atoms with E-state index in [1.165, 1.54) is 17.0 Å². The van der Waals surface area contributed by atoms with Gasteiger partial charge in [0.1, 0.15) is 5.82 Å². The average Bonchev–Trinajstić information content (AvgIpc) is 2.63. The standard InChI is InChI=1S/C21H26FN3O2/c1-14-5-11-19(12-6-14)24-20(26)13-25(4)21(27)16(3)23-15(2)17-7-9-18(22)10-8-17/h5-12,15-16,23H,13H2,1-4H3,(H,24,26)/t15-,16+/m0/s1. The summed E-state index contributed by atoms with van der Waals surface area (Å²) in [5.41, 5.74) is 2.69. The van der Waals surface area contributed by atoms with Crippen LogP contribution in [0, 0.1) is 12.7 Å². The molecular weight excluding hydrogens is 345 g/mol. The number of halogens is 1. The number of amides is 2. The van der Waals surface area contributed by atoms with Gasteiger partial charge in [-0.25, -0.2) is 4.39 Å². The maximum absolute atomic E-state index is 13.0. The van der Waals surface area contributed by atoms with E-state index in [1.807, 2.05) is 38.1 Å². The van der Waals surface area contributed by atoms with Crippen molar-refractivity contribution in [1.29, 1.82) is 0 Å². The number of aryl methyl sites for hydroxylation is 1. The van der Waals surface area contributed by atoms with Crippen molar-refractivity contribution >= 4 is 17.5 Å². The predicted molar refractivity (Wildman–Crippen MR) is 105 cm³/mol. The molecule has 0 heterocycles. The highest BCUT2D eigenvalue weighted by molar-refractivity contribution is 5.95. The van der Waals surface area contributed by atoms with Gasteiger partial charge in [-0.1, -0.05) is 29.8 Å². The van der Waals surface area contributed by atoms with Gasteiger partial charge in [0.15, 0.2) is 0 Å². The fourth-order valence-electron chi connectivity index (χ4n) is 2.76. The van der Waals surface area contributed by atoms with Crippen molar-refractivity contribution in [2.45, 2.75) is 32.9 Å². The zero-order valence-corrected chi connectivity index (χ0v) is 16.1. The molecule has 2 amide bonds. The second-order valence-electron chi connectivity index (χ2n) is 6.77. The highest BCUT2D eigenvalue weighted by Crippen LogP contribution is 2.14. The van der Waals surface area contributed by atoms with E-state index < -0.39 is 6.04 Å². The molecule has 27 heavy (non-hydrogen) atoms. The molecule has 2 aromatic carbocycles. The van der Waals surface area contributed by atoms with E-state index in [0.717, 1.165) is 11.1 Å². The Balaban J connectivity index is 1.86. The van der Waals surface area contributed by atoms with Gasteiger partial charge in [-0.05, 0) is 50.6 Å². The first-order chi connectivity index (χ1) is 12.8. The van der Waals surface area contributed by atoms with Crippen molar-refractivity contribution in [3.63, 3.8) is 0 Å². The van der Waals surface area contributed by atoms with Crippen LogP contribution < -0.4 is 10.6 Å². The molecular formula is C21H26FN3O2. The lowest BCUT2D eigenvalue weighted by molar-refractivity contribution is -0.135. The molecule has 2 atom stereocenters. The summed E-state index contributed by atoms with van der Waals surface area (Å²) in [6, 6.07) is 13.0. The molecule has 0 fully saturated rings. The third-order valence-electron chi connectivity index (χ3n) is 4.33. The van der Waals surface area contributed by atoms with Crippen molar-refractivity contribution in [2.24, 2.45) is 0 Å². The lowest BCUT2D eigenvalue weighted by atomic mass is 10.1. The second kappa shape index (κ2) is 9.28. The quantitative estimate of drug-likeness (QED) is 0.785. The summed E-state index contributed by atoms with van der Waals surface area (Å²) in [6.07, 6.45) is 0. The van der Waals surface area contributed by atoms with Gasteiger partial charge < -0.3 is 10.2 Å². The molecule has 0 bridgehead atoms. The summed E-state index contributed by atoms with van der Waals surface area (Å²) in [5, 5.41) is 5.96. The molecule has 144 valence electrons. The molecule has 0 aromatic heterocycles. The number of carbonyl (C=O) groups is 2. The molecule has 2 rings (SSSR count). The number of hydrogen-bond donors (Lipinski definition) is 2. The SMILES string of the molecule is Cc1ccc(NC(=O)CN(C)C(=O)[C@@H](C)N[C@@H](C)c2ccc(F)cc2)cc1. The molecule has 0 saturated carbocycles. The average molecular weight is 371 g/mol. The Hall–Kier alpha value is -2.73. The minimum absolute atomic E-state index is 0.0380. The summed E-state index contributed by atoms with van der Waals surface area (Å²) in [4.78, 5) is 26.1. The molecule has 0 aliphatic rings. The molecule has 5 nitrogen and oxygen atoms in total. The Morgan fingerprint density at radius 3 is 2.22 bits per heavy atom. The largest absolute Gasteiger partial charge is 0.335 e. The highest BCUT2D eigenvalue weighted by Gasteiger charge is 2.21. The fourth-order valence-corrected chi connectivity index (χ4v) is 2.76. The van der Waals surface area contributed by atoms with E-state index in [9.17, 15) is 14.0 Å². The van der Waals surface area contributed by atoms with Crippen molar-refractivity contribution in [3.05, 3.63) is 65.5 Å². The van der Waals surface area contributed by atoms with Gasteiger partial charge in [-0.15, -0.1) is 0 Å². The van der Waals surface area contributed by atoms with Crippen molar-refractivity contribution in [1.82, 2.24) is 10.2 Å². The van der Waals surface area contributed by atoms with Crippen LogP contribution in [0.25, 0.3) is 0 Å². The molecule has 0 aliphatic heterocycles. The highest BCUT2D eigenvalue weighted by atomic mass is 19.1. The van der Waals surface area contributed by atoms with Gasteiger partial charge in [-0.3, -0.25) is 14.9 Å². The van der Waals surface area contributed by atoms with Crippen LogP contribution in [0.4, 0.5) is 10.1 Å². The van der Waals surface area contributed by atoms with E-state index >= 15 is 0 Å². The number of anilines is 1. The summed E-state index contributed by atoms with van der Waals surface area (Å²) in [5.74, 6) is -0.745. The first-order valence-corrected chi connectivity index (χ1v) is 8.89. The van der Waals surface area contributed by atoms with Crippen LogP contribution in [0.5, 0.6) is 0 Å². The van der Waals surface area contributed by atoms with Gasteiger partial charge >= 0.3 is 0 Å². The monoisotopic (exact) mass is 371 g/mol. The summed E-state index contributed by atoms with van der Waals surface area (Å²) < 4.78 is 13.0. The van der Waals surface area contributed by atoms with E-state index in [2.05, 4.69) is 10.6 Å². The Bertz CT molecular complexity index is 775. The van der Waals surface area contributed by atoms with E-state index in [1.54, 1.807) is 26.1 Å². The number of carbonyl (C=O) groups excluding carboxylic acids is 2. The van der Waals surface area contributed by atoms with Gasteiger partial charge in [0.05, 0.1) is 12.6 Å². The van der Waals surface area contributed by atoms with E-state index in [-0.39, 0.29) is 30.2 Å². The van der Waals surface area contributed by atoms with Gasteiger partial charge in [0.2, 0.25) is 11.8 Å². The van der Waals surface area contributed by atoms with Gasteiger partial charge in [-0.2, -0.15) is 0 Å². The van der Waals surface area contributed by atoms with Gasteiger partial charge in [0.25, 0.3) is 0 Å². The Morgan fingerprint density at radius 2 is 1.63 bits per heavy atom. The summed E-state index contributed by atoms with van der Waals surface area (Å²) >= 11 is 0. The molecule has 0 spiro atoms. The lowest BCUT2D eigenvalue weighted by Gasteiger charge is -2.24. The van der Waals surface area contributed by atoms with Crippen LogP contribution in [0.15, 0.2) is 48.5 Å². The van der Waals surface area contributed by atoms with Crippen LogP contribution in [0.1, 0.15) is 31.0 Å². The zero-order valence-electron chi connectivity index (χ0n) is 16.1. The molecule has 2 aromatic rings. The molecule has 0 unspecified atom stereocenters. The summed E-state index contributed by atoms with van der Waals surface area (Å²) in [6.45, 7) is 5.58. The maximum Gasteiger partial charge on any atom is 0.243 e. The zero-order chi connectivity index (χ0) is 20.0. The van der Waals surface area contributed by atoms with Gasteiger partial charge in [0, 0.05) is 18.8 Å². The van der Waals surface area contributed by atoms with Crippen LogP contribution in [-0.4, -0.2) is 36.3 Å². The number of nitrogens with zero attached hydrogens (tertiary/aromatic N) is 1. The third kappa shape index (κ3) is 6.18. The normalized spacial score (nSPS) is 12.9. The van der Waals surface area contributed by atoms with E-state index in [0.29, 0.717) is 5.69 Å². The molecule has 0 radical (unpaired) electrons. The topological polar surface area (TPSA) is 61.4 Å². The Labute approximate surface area is 159 Å². The van der Waals surface area contributed by atoms with E-state index in [4.69, 9.17) is 0 Å². The molecule has 0 aliphatic carbocycles. The lowest BCUT2D eigenvalue weighted by Crippen LogP contribution is -2.46. The first kappa shape index (κ1) is 20.6. The first-order valence-electron chi connectivity index (χ1n) is 8.89. The number of rotatable bonds is 7. The number of likely N-dealkylation sites (N-methyl/N-ethyl adjacent to an activating group) is 1. The second-order valence-corrected chi connectivity index (χ2v) is 6.77. The fraction of sp³-hybridized carbons (Fsp3) is 0.333. The molecule has 2 N–H and O–H groups in total. The molecule has 6 heteroatoms. The minimum Gasteiger partial charge on any atom is -0.335 e. The van der Waals surface area contributed by atoms with Crippen LogP contribution >= 0.6 is 0 Å². The Morgan fingerprint density at radius 1 is 1.04 bits per heavy atom. The van der Waals surface area contributed by atoms with Crippen LogP contribution in [0.3, 0.4) is 0 Å². The smallest absolute Gasteiger partial charge is 0.243 e. The Kier molecular flexibility index (Phi) is 7.07. The minimum atomic E-state index is -0.484. The number of hydrogen-bond acceptors (Lipinski definition) is 3. The predicted octanol–water partition coefficient (Wildman–Crippen LogP) is 3.27. The van der Waals surface area contributed by atoms with Crippen molar-refractivity contribution < 1.29 is 14.0 Å².